The molecule has 4 aromatic rings. The van der Waals surface area contributed by atoms with Crippen LogP contribution in [0.25, 0.3) is 28.0 Å². The van der Waals surface area contributed by atoms with Gasteiger partial charge >= 0.3 is 5.69 Å². The van der Waals surface area contributed by atoms with Crippen LogP contribution < -0.4 is 5.69 Å². The van der Waals surface area contributed by atoms with E-state index in [1.54, 1.807) is 6.07 Å². The highest BCUT2D eigenvalue weighted by Crippen LogP contribution is 2.37. The lowest BCUT2D eigenvalue weighted by Crippen LogP contribution is -2.15. The van der Waals surface area contributed by atoms with Gasteiger partial charge in [-0.1, -0.05) is 13.8 Å². The summed E-state index contributed by atoms with van der Waals surface area (Å²) in [7, 11) is 0. The van der Waals surface area contributed by atoms with E-state index in [0.29, 0.717) is 16.8 Å². The highest BCUT2D eigenvalue weighted by molar-refractivity contribution is 14.1. The van der Waals surface area contributed by atoms with Crippen molar-refractivity contribution in [2.24, 2.45) is 0 Å². The second-order valence-corrected chi connectivity index (χ2v) is 7.68. The Morgan fingerprint density at radius 3 is 2.63 bits per heavy atom. The van der Waals surface area contributed by atoms with E-state index in [0.717, 1.165) is 10.9 Å². The minimum absolute atomic E-state index is 0.0143. The van der Waals surface area contributed by atoms with Crippen molar-refractivity contribution in [1.82, 2.24) is 17.5 Å². The van der Waals surface area contributed by atoms with E-state index in [-0.39, 0.29) is 23.2 Å². The number of hydrogen-bond acceptors (Lipinski definition) is 4. The molecule has 0 aliphatic heterocycles. The molecule has 7 nitrogen and oxygen atoms in total. The molecule has 0 aliphatic carbocycles. The van der Waals surface area contributed by atoms with Crippen molar-refractivity contribution < 1.29 is 10.2 Å². The van der Waals surface area contributed by atoms with Gasteiger partial charge in [0.1, 0.15) is 11.5 Å². The van der Waals surface area contributed by atoms with Crippen molar-refractivity contribution in [3.05, 3.63) is 58.6 Å². The van der Waals surface area contributed by atoms with Crippen LogP contribution in [0, 0.1) is 0 Å². The molecule has 0 saturated heterocycles. The number of aromatic amines is 1. The Balaban J connectivity index is 1.94. The predicted molar refractivity (Wildman–Crippen MR) is 112 cm³/mol. The van der Waals surface area contributed by atoms with Gasteiger partial charge in [0.2, 0.25) is 0 Å². The number of H-pyrrole nitrogens is 1. The van der Waals surface area contributed by atoms with Crippen LogP contribution >= 0.6 is 22.9 Å². The number of rotatable bonds is 3. The Bertz CT molecular complexity index is 1220. The largest absolute Gasteiger partial charge is 0.508 e. The molecule has 3 N–H and O–H groups in total. The maximum Gasteiger partial charge on any atom is 0.348 e. The Morgan fingerprint density at radius 1 is 1.11 bits per heavy atom. The number of nitrogens with one attached hydrogen (secondary N) is 1. The predicted octanol–water partition coefficient (Wildman–Crippen LogP) is 3.92. The van der Waals surface area contributed by atoms with Gasteiger partial charge in [0.05, 0.1) is 39.6 Å². The molecule has 0 saturated carbocycles. The van der Waals surface area contributed by atoms with E-state index >= 15 is 0 Å². The first kappa shape index (κ1) is 17.7. The van der Waals surface area contributed by atoms with Crippen LogP contribution in [-0.2, 0) is 0 Å². The van der Waals surface area contributed by atoms with E-state index < -0.39 is 5.69 Å². The lowest BCUT2D eigenvalue weighted by Gasteiger charge is -2.13. The lowest BCUT2D eigenvalue weighted by molar-refractivity contribution is 0.444. The van der Waals surface area contributed by atoms with Gasteiger partial charge in [-0.3, -0.25) is 2.78 Å². The van der Waals surface area contributed by atoms with E-state index in [1.807, 2.05) is 47.1 Å². The SMILES string of the molecule is CC(C)c1cc(-c2n[nH]c(=O)n2-c2ccc3c(ccn3I)c2)c(O)cc1O. The van der Waals surface area contributed by atoms with Gasteiger partial charge in [0.25, 0.3) is 0 Å². The summed E-state index contributed by atoms with van der Waals surface area (Å²) in [6.45, 7) is 3.88. The summed E-state index contributed by atoms with van der Waals surface area (Å²) in [4.78, 5) is 12.5. The Hall–Kier alpha value is -2.75. The standard InChI is InChI=1S/C19H17IN4O3/c1-10(2)13-8-14(17(26)9-16(13)25)18-21-22-19(27)24(18)12-3-4-15-11(7-12)5-6-23(15)20/h3-10,25-26H,1-2H3,(H,22,27). The van der Waals surface area contributed by atoms with Crippen molar-refractivity contribution >= 4 is 33.8 Å². The molecule has 0 spiro atoms. The molecule has 0 radical (unpaired) electrons. The molecule has 4 rings (SSSR count). The topological polar surface area (TPSA) is 96.1 Å². The first-order chi connectivity index (χ1) is 12.9. The molecule has 0 aliphatic rings. The number of phenols is 2. The molecule has 0 bridgehead atoms. The maximum absolute atomic E-state index is 12.5. The van der Waals surface area contributed by atoms with E-state index in [1.165, 1.54) is 10.6 Å². The molecule has 2 heterocycles. The molecule has 138 valence electrons. The fraction of sp³-hybridized carbons (Fsp3) is 0.158. The van der Waals surface area contributed by atoms with Crippen LogP contribution in [0.5, 0.6) is 11.5 Å². The maximum atomic E-state index is 12.5. The third-order valence-corrected chi connectivity index (χ3v) is 5.41. The highest BCUT2D eigenvalue weighted by atomic mass is 127. The number of aromatic hydroxyl groups is 2. The zero-order valence-corrected chi connectivity index (χ0v) is 16.8. The molecule has 2 aromatic carbocycles. The van der Waals surface area contributed by atoms with Gasteiger partial charge in [-0.25, -0.2) is 14.5 Å². The summed E-state index contributed by atoms with van der Waals surface area (Å²) < 4.78 is 3.39. The summed E-state index contributed by atoms with van der Waals surface area (Å²) in [6.07, 6.45) is 1.94. The summed E-state index contributed by atoms with van der Waals surface area (Å²) in [5.74, 6) is 0.202. The molecular weight excluding hydrogens is 459 g/mol. The summed E-state index contributed by atoms with van der Waals surface area (Å²) >= 11 is 2.19. The van der Waals surface area contributed by atoms with Crippen molar-refractivity contribution in [2.45, 2.75) is 19.8 Å². The van der Waals surface area contributed by atoms with Gasteiger partial charge < -0.3 is 10.2 Å². The average Bonchev–Trinajstić information content (AvgIpc) is 3.17. The molecule has 0 fully saturated rings. The average molecular weight is 476 g/mol. The third-order valence-electron chi connectivity index (χ3n) is 4.56. The number of aromatic nitrogens is 4. The number of fused-ring (bicyclic) bond motifs is 1. The zero-order valence-electron chi connectivity index (χ0n) is 14.6. The number of nitrogens with zero attached hydrogens (tertiary/aromatic N) is 3. The van der Waals surface area contributed by atoms with Crippen LogP contribution in [0.15, 0.2) is 47.4 Å². The Labute approximate surface area is 168 Å². The Morgan fingerprint density at radius 2 is 1.89 bits per heavy atom. The summed E-state index contributed by atoms with van der Waals surface area (Å²) in [5.41, 5.74) is 2.31. The number of benzene rings is 2. The first-order valence-electron chi connectivity index (χ1n) is 8.38. The molecule has 8 heteroatoms. The second kappa shape index (κ2) is 6.45. The van der Waals surface area contributed by atoms with Gasteiger partial charge in [-0.2, -0.15) is 5.10 Å². The summed E-state index contributed by atoms with van der Waals surface area (Å²) in [5, 5.41) is 28.0. The van der Waals surface area contributed by atoms with Gasteiger partial charge in [0.15, 0.2) is 5.82 Å². The third kappa shape index (κ3) is 2.89. The minimum Gasteiger partial charge on any atom is -0.508 e. The number of phenolic OH excluding ortho intramolecular Hbond substituents is 2. The monoisotopic (exact) mass is 476 g/mol. The summed E-state index contributed by atoms with van der Waals surface area (Å²) in [6, 6.07) is 10.6. The number of hydrogen-bond donors (Lipinski definition) is 3. The van der Waals surface area contributed by atoms with Crippen LogP contribution in [0.3, 0.4) is 0 Å². The molecule has 0 amide bonds. The molecule has 2 aromatic heterocycles. The van der Waals surface area contributed by atoms with Crippen LogP contribution in [0.2, 0.25) is 0 Å². The van der Waals surface area contributed by atoms with Crippen molar-refractivity contribution in [1.29, 1.82) is 0 Å². The number of halogens is 1. The molecule has 27 heavy (non-hydrogen) atoms. The minimum atomic E-state index is -0.406. The highest BCUT2D eigenvalue weighted by Gasteiger charge is 2.19. The fourth-order valence-corrected chi connectivity index (χ4v) is 3.79. The van der Waals surface area contributed by atoms with Crippen LogP contribution in [0.4, 0.5) is 0 Å². The zero-order chi connectivity index (χ0) is 19.3. The molecule has 0 unspecified atom stereocenters. The van der Waals surface area contributed by atoms with Gasteiger partial charge in [-0.15, -0.1) is 0 Å². The van der Waals surface area contributed by atoms with Crippen molar-refractivity contribution in [2.75, 3.05) is 0 Å². The quantitative estimate of drug-likeness (QED) is 0.391. The molecular formula is C19H17IN4O3. The second-order valence-electron chi connectivity index (χ2n) is 6.64. The Kier molecular flexibility index (Phi) is 4.22. The van der Waals surface area contributed by atoms with Gasteiger partial charge in [0, 0.05) is 17.6 Å². The smallest absolute Gasteiger partial charge is 0.348 e. The van der Waals surface area contributed by atoms with Gasteiger partial charge in [-0.05, 0) is 41.8 Å². The van der Waals surface area contributed by atoms with E-state index in [9.17, 15) is 15.0 Å². The fourth-order valence-electron chi connectivity index (χ4n) is 3.19. The van der Waals surface area contributed by atoms with Crippen LogP contribution in [0.1, 0.15) is 25.3 Å². The lowest BCUT2D eigenvalue weighted by atomic mass is 9.98. The van der Waals surface area contributed by atoms with Crippen molar-refractivity contribution in [3.8, 4) is 28.6 Å². The van der Waals surface area contributed by atoms with Crippen LogP contribution in [-0.4, -0.2) is 27.8 Å². The van der Waals surface area contributed by atoms with Crippen molar-refractivity contribution in [3.63, 3.8) is 0 Å². The normalized spacial score (nSPS) is 11.6. The molecule has 0 atom stereocenters. The van der Waals surface area contributed by atoms with E-state index in [2.05, 4.69) is 33.1 Å². The first-order valence-corrected chi connectivity index (χ1v) is 9.34. The van der Waals surface area contributed by atoms with E-state index in [4.69, 9.17) is 0 Å².